The van der Waals surface area contributed by atoms with E-state index in [1.54, 1.807) is 19.1 Å². The van der Waals surface area contributed by atoms with Crippen molar-refractivity contribution < 1.29 is 35.9 Å². The van der Waals surface area contributed by atoms with Crippen molar-refractivity contribution in [2.24, 2.45) is 0 Å². The van der Waals surface area contributed by atoms with Gasteiger partial charge in [0.2, 0.25) is 0 Å². The van der Waals surface area contributed by atoms with Crippen LogP contribution in [-0.4, -0.2) is 22.7 Å². The molecule has 1 N–H and O–H groups in total. The number of nitrogens with zero attached hydrogens (tertiary/aromatic N) is 1. The number of amides is 1. The Hall–Kier alpha value is -3.13. The first-order valence-electron chi connectivity index (χ1n) is 11.2. The molecule has 0 saturated heterocycles. The topological polar surface area (TPSA) is 70.0 Å². The Kier molecular flexibility index (Phi) is 9.48. The molecular weight excluding hydrogens is 750 g/mol. The number of anilines is 1. The lowest BCUT2D eigenvalue weighted by molar-refractivity contribution is -0.282. The summed E-state index contributed by atoms with van der Waals surface area (Å²) in [5, 5.41) is 12.1. The monoisotopic (exact) mass is 762 g/mol. The summed E-state index contributed by atoms with van der Waals surface area (Å²) in [7, 11) is 0. The molecule has 4 nitrogen and oxygen atoms in total. The largest absolute Gasteiger partial charge is 0.433 e. The van der Waals surface area contributed by atoms with Crippen LogP contribution in [0.4, 0.5) is 32.0 Å². The van der Waals surface area contributed by atoms with E-state index in [1.165, 1.54) is 40.2 Å². The highest BCUT2D eigenvalue weighted by atomic mass is 79.9. The van der Waals surface area contributed by atoms with Gasteiger partial charge in [0.25, 0.3) is 5.91 Å². The molecule has 13 heteroatoms. The zero-order chi connectivity index (χ0) is 30.9. The zero-order valence-corrected chi connectivity index (χ0v) is 25.3. The Morgan fingerprint density at radius 2 is 1.59 bits per heavy atom. The van der Waals surface area contributed by atoms with E-state index in [0.717, 1.165) is 0 Å². The number of benzene rings is 3. The molecule has 0 radical (unpaired) electrons. The smallest absolute Gasteiger partial charge is 0.321 e. The number of aryl methyl sites for hydroxylation is 1. The Morgan fingerprint density at radius 3 is 2.07 bits per heavy atom. The molecule has 3 rings (SSSR count). The summed E-state index contributed by atoms with van der Waals surface area (Å²) in [6.07, 6.45) is -1.09. The Morgan fingerprint density at radius 1 is 0.976 bits per heavy atom. The normalized spacial score (nSPS) is 13.1. The van der Waals surface area contributed by atoms with Gasteiger partial charge in [-0.25, -0.2) is 4.39 Å². The van der Waals surface area contributed by atoms with Gasteiger partial charge in [-0.05, 0) is 82.5 Å². The third-order valence-corrected chi connectivity index (χ3v) is 7.97. The number of carbonyl (C=O) groups is 2. The lowest BCUT2D eigenvalue weighted by Gasteiger charge is -2.32. The van der Waals surface area contributed by atoms with Gasteiger partial charge in [0.15, 0.2) is 5.78 Å². The third kappa shape index (κ3) is 6.53. The maximum atomic E-state index is 14.9. The number of carbonyl (C=O) groups excluding carboxylic acids is 2. The van der Waals surface area contributed by atoms with E-state index >= 15 is 0 Å². The maximum absolute atomic E-state index is 14.9. The van der Waals surface area contributed by atoms with E-state index in [0.29, 0.717) is 23.3 Å². The summed E-state index contributed by atoms with van der Waals surface area (Å²) in [5.74, 6) is 1.27. The van der Waals surface area contributed by atoms with Crippen LogP contribution in [0, 0.1) is 30.6 Å². The zero-order valence-electron chi connectivity index (χ0n) is 20.6. The van der Waals surface area contributed by atoms with E-state index in [-0.39, 0.29) is 36.9 Å². The second-order valence-electron chi connectivity index (χ2n) is 8.67. The van der Waals surface area contributed by atoms with Gasteiger partial charge in [-0.15, -0.1) is 6.42 Å². The van der Waals surface area contributed by atoms with Crippen molar-refractivity contribution >= 4 is 65.2 Å². The number of terminal acetylenes is 1. The minimum Gasteiger partial charge on any atom is -0.321 e. The van der Waals surface area contributed by atoms with Gasteiger partial charge < -0.3 is 5.32 Å². The average Bonchev–Trinajstić information content (AvgIpc) is 2.88. The number of halogens is 9. The molecule has 1 atom stereocenters. The van der Waals surface area contributed by atoms with Gasteiger partial charge >= 0.3 is 16.7 Å². The average molecular weight is 765 g/mol. The highest BCUT2D eigenvalue weighted by Crippen LogP contribution is 2.56. The van der Waals surface area contributed by atoms with Gasteiger partial charge in [0.05, 0.1) is 11.3 Å². The predicted molar refractivity (Wildman–Crippen MR) is 151 cm³/mol. The minimum absolute atomic E-state index is 0.0173. The van der Waals surface area contributed by atoms with Crippen molar-refractivity contribution in [3.05, 3.63) is 96.4 Å². The summed E-state index contributed by atoms with van der Waals surface area (Å²) < 4.78 is 82.1. The molecule has 3 aromatic rings. The van der Waals surface area contributed by atoms with Crippen LogP contribution in [0.1, 0.15) is 48.5 Å². The number of rotatable bonds is 7. The minimum atomic E-state index is -5.98. The van der Waals surface area contributed by atoms with E-state index in [2.05, 4.69) is 43.1 Å². The number of nitriles is 1. The van der Waals surface area contributed by atoms with Crippen LogP contribution in [0.2, 0.25) is 0 Å². The second-order valence-corrected chi connectivity index (χ2v) is 11.4. The highest BCUT2D eigenvalue weighted by molar-refractivity contribution is 9.11. The van der Waals surface area contributed by atoms with E-state index < -0.39 is 40.4 Å². The summed E-state index contributed by atoms with van der Waals surface area (Å²) in [5.41, 5.74) is -4.96. The Balaban J connectivity index is 1.94. The fraction of sp³-hybridized carbons (Fsp3) is 0.179. The molecule has 0 spiro atoms. The lowest BCUT2D eigenvalue weighted by Crippen LogP contribution is -2.49. The molecule has 0 aliphatic heterocycles. The number of hydrogen-bond acceptors (Lipinski definition) is 3. The van der Waals surface area contributed by atoms with Gasteiger partial charge in [-0.2, -0.15) is 27.2 Å². The van der Waals surface area contributed by atoms with Crippen molar-refractivity contribution in [2.75, 3.05) is 5.32 Å². The number of hydrogen-bond donors (Lipinski definition) is 1. The van der Waals surface area contributed by atoms with Crippen LogP contribution in [0.5, 0.6) is 0 Å². The van der Waals surface area contributed by atoms with Crippen molar-refractivity contribution in [3.8, 4) is 18.4 Å². The number of Topliss-reactive ketones (excluding diaryl/α,β-unsaturated/α-hetero) is 1. The SMILES string of the molecule is C#Cc1ccc(C(=O)Nc2cc(C(=O)Cc3c(Br)cc(C(F)(C(F)(F)F)C(F)(F)Br)cc3Br)ccc2C#N)c(C)c1. The molecule has 1 unspecified atom stereocenters. The standard InChI is InChI=1S/C28H15Br3F6N2O2/c1-3-15-4-7-19(14(2)8-15)25(41)39-23-9-16(5-6-17(23)13-38)24(40)12-20-21(29)10-18(11-22(20)30)26(32,27(31,33)34)28(35,36)37/h1,4-11H,12H2,2H3,(H,39,41). The van der Waals surface area contributed by atoms with Crippen molar-refractivity contribution in [1.29, 1.82) is 5.26 Å². The molecule has 0 aliphatic carbocycles. The molecule has 0 heterocycles. The summed E-state index contributed by atoms with van der Waals surface area (Å²) in [4.78, 5) is 21.0. The van der Waals surface area contributed by atoms with Crippen LogP contribution in [0.25, 0.3) is 0 Å². The van der Waals surface area contributed by atoms with Crippen LogP contribution in [0.15, 0.2) is 57.5 Å². The first-order chi connectivity index (χ1) is 18.9. The van der Waals surface area contributed by atoms with Crippen molar-refractivity contribution in [2.45, 2.75) is 30.0 Å². The molecule has 1 amide bonds. The first-order valence-corrected chi connectivity index (χ1v) is 13.6. The van der Waals surface area contributed by atoms with Crippen molar-refractivity contribution in [1.82, 2.24) is 0 Å². The fourth-order valence-electron chi connectivity index (χ4n) is 3.84. The Labute approximate surface area is 255 Å². The molecule has 0 aromatic heterocycles. The quantitative estimate of drug-likeness (QED) is 0.113. The first kappa shape index (κ1) is 32.4. The maximum Gasteiger partial charge on any atom is 0.433 e. The molecule has 212 valence electrons. The molecule has 0 bridgehead atoms. The van der Waals surface area contributed by atoms with E-state index in [4.69, 9.17) is 6.42 Å². The molecule has 0 saturated carbocycles. The summed E-state index contributed by atoms with van der Waals surface area (Å²) >= 11 is 7.40. The predicted octanol–water partition coefficient (Wildman–Crippen LogP) is 8.77. The van der Waals surface area contributed by atoms with Gasteiger partial charge in [-0.3, -0.25) is 9.59 Å². The van der Waals surface area contributed by atoms with Crippen LogP contribution >= 0.6 is 47.8 Å². The summed E-state index contributed by atoms with van der Waals surface area (Å²) in [6.45, 7) is 1.67. The van der Waals surface area contributed by atoms with Crippen LogP contribution in [0.3, 0.4) is 0 Å². The second kappa shape index (κ2) is 12.0. The van der Waals surface area contributed by atoms with Gasteiger partial charge in [-0.1, -0.05) is 37.8 Å². The van der Waals surface area contributed by atoms with Gasteiger partial charge in [0.1, 0.15) is 6.07 Å². The highest BCUT2D eigenvalue weighted by Gasteiger charge is 2.71. The van der Waals surface area contributed by atoms with Crippen LogP contribution < -0.4 is 5.32 Å². The van der Waals surface area contributed by atoms with Crippen molar-refractivity contribution in [3.63, 3.8) is 0 Å². The lowest BCUT2D eigenvalue weighted by atomic mass is 9.93. The third-order valence-electron chi connectivity index (χ3n) is 6.01. The van der Waals surface area contributed by atoms with Gasteiger partial charge in [0, 0.05) is 37.6 Å². The van der Waals surface area contributed by atoms with E-state index in [9.17, 15) is 41.2 Å². The van der Waals surface area contributed by atoms with Crippen LogP contribution in [-0.2, 0) is 12.1 Å². The number of alkyl halides is 7. The molecule has 41 heavy (non-hydrogen) atoms. The molecule has 3 aromatic carbocycles. The molecule has 0 aliphatic rings. The number of ketones is 1. The molecular formula is C28H15Br3F6N2O2. The number of nitrogens with one attached hydrogen (secondary N) is 1. The Bertz CT molecular complexity index is 1600. The summed E-state index contributed by atoms with van der Waals surface area (Å²) in [6, 6.07) is 11.5. The molecule has 0 fully saturated rings. The fourth-order valence-corrected chi connectivity index (χ4v) is 5.76. The van der Waals surface area contributed by atoms with E-state index in [1.807, 2.05) is 6.07 Å².